The number of halogens is 3. The Morgan fingerprint density at radius 3 is 2.46 bits per heavy atom. The first-order chi connectivity index (χ1) is 5.83. The molecule has 0 atom stereocenters. The van der Waals surface area contributed by atoms with Crippen LogP contribution in [0.2, 0.25) is 0 Å². The maximum absolute atomic E-state index is 12.3. The highest BCUT2D eigenvalue weighted by Crippen LogP contribution is 2.29. The minimum Gasteiger partial charge on any atom is -0.347 e. The number of carbonyl (C=O) groups is 1. The average Bonchev–Trinajstić information content (AvgIpc) is 1.94. The summed E-state index contributed by atoms with van der Waals surface area (Å²) in [5.41, 5.74) is 4.70. The van der Waals surface area contributed by atoms with Crippen LogP contribution in [0.15, 0.2) is 0 Å². The smallest absolute Gasteiger partial charge is 0.318 e. The van der Waals surface area contributed by atoms with Gasteiger partial charge in [-0.25, -0.2) is 0 Å². The predicted molar refractivity (Wildman–Crippen MR) is 47.7 cm³/mol. The molecular formula is C7H11BrF2N2O. The van der Waals surface area contributed by atoms with E-state index in [0.29, 0.717) is 12.8 Å². The topological polar surface area (TPSA) is 55.1 Å². The second-order valence-corrected chi connectivity index (χ2v) is 4.47. The van der Waals surface area contributed by atoms with Crippen molar-refractivity contribution in [2.24, 2.45) is 5.73 Å². The third kappa shape index (κ3) is 2.87. The maximum atomic E-state index is 12.3. The van der Waals surface area contributed by atoms with Crippen molar-refractivity contribution in [1.82, 2.24) is 5.32 Å². The fourth-order valence-corrected chi connectivity index (χ4v) is 1.28. The van der Waals surface area contributed by atoms with Gasteiger partial charge >= 0.3 is 4.83 Å². The molecule has 1 rings (SSSR count). The van der Waals surface area contributed by atoms with Crippen LogP contribution in [0.4, 0.5) is 8.78 Å². The molecule has 0 aromatic carbocycles. The largest absolute Gasteiger partial charge is 0.347 e. The minimum atomic E-state index is -3.05. The molecule has 0 aromatic rings. The third-order valence-corrected chi connectivity index (χ3v) is 2.43. The van der Waals surface area contributed by atoms with E-state index < -0.39 is 22.8 Å². The summed E-state index contributed by atoms with van der Waals surface area (Å²) in [4.78, 5) is 8.15. The zero-order chi connectivity index (χ0) is 10.1. The number of nitrogens with one attached hydrogen (secondary N) is 1. The standard InChI is InChI=1S/C7H11BrF2N2O/c8-7(9,10)4-12-5(13)6(11)2-1-3-6/h1-4,11H2,(H,12,13). The van der Waals surface area contributed by atoms with Crippen molar-refractivity contribution in [2.45, 2.75) is 29.6 Å². The van der Waals surface area contributed by atoms with Crippen LogP contribution >= 0.6 is 15.9 Å². The van der Waals surface area contributed by atoms with Crippen molar-refractivity contribution in [2.75, 3.05) is 6.54 Å². The molecule has 0 aromatic heterocycles. The van der Waals surface area contributed by atoms with Crippen LogP contribution in [-0.2, 0) is 4.79 Å². The number of nitrogens with two attached hydrogens (primary N) is 1. The zero-order valence-electron chi connectivity index (χ0n) is 6.95. The Balaban J connectivity index is 2.34. The highest BCUT2D eigenvalue weighted by atomic mass is 79.9. The molecule has 0 unspecified atom stereocenters. The third-order valence-electron chi connectivity index (χ3n) is 2.15. The Kier molecular flexibility index (Phi) is 2.91. The Morgan fingerprint density at radius 1 is 1.62 bits per heavy atom. The van der Waals surface area contributed by atoms with E-state index in [2.05, 4.69) is 21.2 Å². The summed E-state index contributed by atoms with van der Waals surface area (Å²) in [7, 11) is 0. The van der Waals surface area contributed by atoms with Crippen LogP contribution in [-0.4, -0.2) is 22.8 Å². The Labute approximate surface area is 83.2 Å². The lowest BCUT2D eigenvalue weighted by Gasteiger charge is -2.36. The Bertz CT molecular complexity index is 213. The maximum Gasteiger partial charge on any atom is 0.318 e. The summed E-state index contributed by atoms with van der Waals surface area (Å²) < 4.78 is 24.5. The van der Waals surface area contributed by atoms with E-state index in [-0.39, 0.29) is 0 Å². The van der Waals surface area contributed by atoms with Gasteiger partial charge in [-0.15, -0.1) is 0 Å². The van der Waals surface area contributed by atoms with Gasteiger partial charge in [0.05, 0.1) is 12.1 Å². The van der Waals surface area contributed by atoms with Gasteiger partial charge in [-0.2, -0.15) is 8.78 Å². The van der Waals surface area contributed by atoms with Gasteiger partial charge in [-0.05, 0) is 35.2 Å². The van der Waals surface area contributed by atoms with E-state index in [1.807, 2.05) is 0 Å². The lowest BCUT2D eigenvalue weighted by atomic mass is 9.77. The number of carbonyl (C=O) groups excluding carboxylic acids is 1. The highest BCUT2D eigenvalue weighted by Gasteiger charge is 2.41. The molecule has 0 aliphatic heterocycles. The van der Waals surface area contributed by atoms with Gasteiger partial charge in [-0.3, -0.25) is 4.79 Å². The number of rotatable bonds is 3. The first-order valence-electron chi connectivity index (χ1n) is 3.97. The van der Waals surface area contributed by atoms with Crippen molar-refractivity contribution in [1.29, 1.82) is 0 Å². The molecule has 0 saturated heterocycles. The van der Waals surface area contributed by atoms with Gasteiger partial charge in [-0.1, -0.05) is 0 Å². The van der Waals surface area contributed by atoms with Crippen LogP contribution in [0, 0.1) is 0 Å². The van der Waals surface area contributed by atoms with Gasteiger partial charge in [0.25, 0.3) is 0 Å². The lowest BCUT2D eigenvalue weighted by Crippen LogP contribution is -2.59. The molecule has 1 aliphatic rings. The fraction of sp³-hybridized carbons (Fsp3) is 0.857. The highest BCUT2D eigenvalue weighted by molar-refractivity contribution is 9.10. The van der Waals surface area contributed by atoms with Crippen molar-refractivity contribution < 1.29 is 13.6 Å². The first-order valence-corrected chi connectivity index (χ1v) is 4.77. The van der Waals surface area contributed by atoms with Crippen molar-refractivity contribution in [3.8, 4) is 0 Å². The molecular weight excluding hydrogens is 246 g/mol. The van der Waals surface area contributed by atoms with Crippen LogP contribution in [0.3, 0.4) is 0 Å². The van der Waals surface area contributed by atoms with Gasteiger partial charge in [0.2, 0.25) is 5.91 Å². The van der Waals surface area contributed by atoms with E-state index in [0.717, 1.165) is 6.42 Å². The van der Waals surface area contributed by atoms with E-state index in [1.54, 1.807) is 0 Å². The molecule has 1 saturated carbocycles. The Hall–Kier alpha value is -0.230. The van der Waals surface area contributed by atoms with E-state index in [1.165, 1.54) is 0 Å². The molecule has 3 N–H and O–H groups in total. The van der Waals surface area contributed by atoms with Crippen molar-refractivity contribution >= 4 is 21.8 Å². The van der Waals surface area contributed by atoms with E-state index >= 15 is 0 Å². The van der Waals surface area contributed by atoms with Crippen molar-refractivity contribution in [3.63, 3.8) is 0 Å². The average molecular weight is 257 g/mol. The minimum absolute atomic E-state index is 0.488. The van der Waals surface area contributed by atoms with Gasteiger partial charge < -0.3 is 11.1 Å². The van der Waals surface area contributed by atoms with Crippen molar-refractivity contribution in [3.05, 3.63) is 0 Å². The lowest BCUT2D eigenvalue weighted by molar-refractivity contribution is -0.130. The van der Waals surface area contributed by atoms with Gasteiger partial charge in [0, 0.05) is 0 Å². The fourth-order valence-electron chi connectivity index (χ4n) is 1.14. The molecule has 6 heteroatoms. The molecule has 0 heterocycles. The van der Waals surface area contributed by atoms with Gasteiger partial charge in [0.15, 0.2) is 0 Å². The molecule has 13 heavy (non-hydrogen) atoms. The summed E-state index contributed by atoms with van der Waals surface area (Å²) in [6.45, 7) is -0.717. The quantitative estimate of drug-likeness (QED) is 0.740. The molecule has 1 amide bonds. The second-order valence-electron chi connectivity index (χ2n) is 3.31. The molecule has 1 fully saturated rings. The first kappa shape index (κ1) is 10.8. The summed E-state index contributed by atoms with van der Waals surface area (Å²) in [5, 5.41) is 2.10. The molecule has 1 aliphatic carbocycles. The summed E-state index contributed by atoms with van der Waals surface area (Å²) in [6.07, 6.45) is 2.04. The number of hydrogen-bond acceptors (Lipinski definition) is 2. The number of hydrogen-bond donors (Lipinski definition) is 2. The molecule has 0 bridgehead atoms. The Morgan fingerprint density at radius 2 is 2.15 bits per heavy atom. The summed E-state index contributed by atoms with van der Waals surface area (Å²) in [6, 6.07) is 0. The van der Waals surface area contributed by atoms with E-state index in [9.17, 15) is 13.6 Å². The molecule has 3 nitrogen and oxygen atoms in total. The van der Waals surface area contributed by atoms with Gasteiger partial charge in [0.1, 0.15) is 0 Å². The second kappa shape index (κ2) is 3.49. The molecule has 0 radical (unpaired) electrons. The predicted octanol–water partition coefficient (Wildman–Crippen LogP) is 0.972. The van der Waals surface area contributed by atoms with Crippen LogP contribution in [0.5, 0.6) is 0 Å². The van der Waals surface area contributed by atoms with Crippen LogP contribution in [0.1, 0.15) is 19.3 Å². The number of amides is 1. The molecule has 0 spiro atoms. The number of alkyl halides is 3. The zero-order valence-corrected chi connectivity index (χ0v) is 8.53. The monoisotopic (exact) mass is 256 g/mol. The SMILES string of the molecule is NC1(C(=O)NCC(F)(F)Br)CCC1. The van der Waals surface area contributed by atoms with Crippen LogP contribution in [0.25, 0.3) is 0 Å². The molecule has 76 valence electrons. The summed E-state index contributed by atoms with van der Waals surface area (Å²) in [5.74, 6) is -0.488. The summed E-state index contributed by atoms with van der Waals surface area (Å²) >= 11 is 2.12. The van der Waals surface area contributed by atoms with E-state index in [4.69, 9.17) is 5.73 Å². The van der Waals surface area contributed by atoms with Crippen LogP contribution < -0.4 is 11.1 Å². The normalized spacial score (nSPS) is 20.6.